The zero-order chi connectivity index (χ0) is 13.0. The molecule has 1 amide bonds. The Labute approximate surface area is 113 Å². The Morgan fingerprint density at radius 1 is 1.17 bits per heavy atom. The van der Waals surface area contributed by atoms with E-state index in [0.717, 1.165) is 10.2 Å². The summed E-state index contributed by atoms with van der Waals surface area (Å²) in [5, 5.41) is 2.70. The molecule has 2 aromatic rings. The maximum absolute atomic E-state index is 11.9. The van der Waals surface area contributed by atoms with Gasteiger partial charge in [-0.1, -0.05) is 0 Å². The van der Waals surface area contributed by atoms with Crippen molar-refractivity contribution < 1.29 is 4.79 Å². The van der Waals surface area contributed by atoms with E-state index in [1.165, 1.54) is 0 Å². The van der Waals surface area contributed by atoms with Gasteiger partial charge >= 0.3 is 0 Å². The summed E-state index contributed by atoms with van der Waals surface area (Å²) in [5.74, 6) is 5.54. The number of benzene rings is 1. The minimum absolute atomic E-state index is 0.214. The number of rotatable bonds is 3. The van der Waals surface area contributed by atoms with Crippen LogP contribution in [-0.4, -0.2) is 10.9 Å². The van der Waals surface area contributed by atoms with Gasteiger partial charge in [-0.25, -0.2) is 4.98 Å². The summed E-state index contributed by atoms with van der Waals surface area (Å²) >= 11 is 3.28. The van der Waals surface area contributed by atoms with Gasteiger partial charge in [-0.05, 0) is 52.3 Å². The fourth-order valence-electron chi connectivity index (χ4n) is 1.36. The number of carbonyl (C=O) groups excluding carboxylic acids is 1. The zero-order valence-electron chi connectivity index (χ0n) is 9.35. The summed E-state index contributed by atoms with van der Waals surface area (Å²) in [7, 11) is 0. The van der Waals surface area contributed by atoms with E-state index in [1.54, 1.807) is 36.5 Å². The number of amides is 1. The van der Waals surface area contributed by atoms with Gasteiger partial charge < -0.3 is 10.7 Å². The molecular formula is C12H11BrN4O. The molecule has 0 radical (unpaired) electrons. The fourth-order valence-corrected chi connectivity index (χ4v) is 1.59. The van der Waals surface area contributed by atoms with Crippen LogP contribution < -0.4 is 16.6 Å². The number of pyridine rings is 1. The van der Waals surface area contributed by atoms with Crippen molar-refractivity contribution in [2.45, 2.75) is 0 Å². The van der Waals surface area contributed by atoms with Gasteiger partial charge in [0.1, 0.15) is 5.82 Å². The molecule has 92 valence electrons. The third-order valence-corrected chi connectivity index (χ3v) is 2.75. The topological polar surface area (TPSA) is 80.0 Å². The van der Waals surface area contributed by atoms with Gasteiger partial charge in [0.2, 0.25) is 0 Å². The van der Waals surface area contributed by atoms with Crippen LogP contribution in [0.5, 0.6) is 0 Å². The number of anilines is 2. The molecule has 0 aliphatic rings. The average molecular weight is 307 g/mol. The van der Waals surface area contributed by atoms with Gasteiger partial charge in [0.15, 0.2) is 0 Å². The first-order valence-corrected chi connectivity index (χ1v) is 5.98. The predicted molar refractivity (Wildman–Crippen MR) is 74.1 cm³/mol. The molecule has 0 saturated carbocycles. The third kappa shape index (κ3) is 3.06. The molecule has 0 aliphatic heterocycles. The second-order valence-corrected chi connectivity index (χ2v) is 4.45. The quantitative estimate of drug-likeness (QED) is 0.601. The van der Waals surface area contributed by atoms with Crippen LogP contribution in [0.1, 0.15) is 10.4 Å². The van der Waals surface area contributed by atoms with E-state index >= 15 is 0 Å². The molecule has 0 bridgehead atoms. The Balaban J connectivity index is 2.09. The van der Waals surface area contributed by atoms with Gasteiger partial charge in [-0.2, -0.15) is 0 Å². The van der Waals surface area contributed by atoms with Gasteiger partial charge in [-0.15, -0.1) is 0 Å². The van der Waals surface area contributed by atoms with Crippen LogP contribution >= 0.6 is 15.9 Å². The molecule has 6 heteroatoms. The zero-order valence-corrected chi connectivity index (χ0v) is 10.9. The maximum atomic E-state index is 11.9. The Morgan fingerprint density at radius 3 is 2.44 bits per heavy atom. The van der Waals surface area contributed by atoms with Crippen molar-refractivity contribution in [1.29, 1.82) is 0 Å². The lowest BCUT2D eigenvalue weighted by Gasteiger charge is -2.05. The number of hydrogen-bond acceptors (Lipinski definition) is 4. The summed E-state index contributed by atoms with van der Waals surface area (Å²) in [6.45, 7) is 0. The first-order valence-electron chi connectivity index (χ1n) is 5.18. The molecule has 0 unspecified atom stereocenters. The van der Waals surface area contributed by atoms with Crippen molar-refractivity contribution in [3.63, 3.8) is 0 Å². The number of nitrogen functional groups attached to an aromatic ring is 1. The molecule has 0 spiro atoms. The highest BCUT2D eigenvalue weighted by molar-refractivity contribution is 9.10. The van der Waals surface area contributed by atoms with Crippen molar-refractivity contribution in [3.8, 4) is 0 Å². The van der Waals surface area contributed by atoms with Crippen LogP contribution in [0.4, 0.5) is 11.5 Å². The van der Waals surface area contributed by atoms with Gasteiger partial charge in [0.25, 0.3) is 5.91 Å². The lowest BCUT2D eigenvalue weighted by Crippen LogP contribution is -2.13. The maximum Gasteiger partial charge on any atom is 0.256 e. The Bertz CT molecular complexity index is 539. The van der Waals surface area contributed by atoms with Crippen molar-refractivity contribution in [3.05, 3.63) is 52.6 Å². The van der Waals surface area contributed by atoms with Gasteiger partial charge in [0.05, 0.1) is 0 Å². The molecule has 0 fully saturated rings. The first-order chi connectivity index (χ1) is 8.69. The van der Waals surface area contributed by atoms with Crippen molar-refractivity contribution in [2.24, 2.45) is 5.84 Å². The standard InChI is InChI=1S/C12H11BrN4O/c13-9-3-6-11(15-7-9)16-12(18)8-1-4-10(17-14)5-2-8/h1-7,17H,14H2,(H,15,16,18). The molecule has 1 heterocycles. The van der Waals surface area contributed by atoms with Crippen molar-refractivity contribution in [2.75, 3.05) is 10.7 Å². The molecule has 2 rings (SSSR count). The summed E-state index contributed by atoms with van der Waals surface area (Å²) in [6.07, 6.45) is 1.62. The highest BCUT2D eigenvalue weighted by Gasteiger charge is 2.06. The van der Waals surface area contributed by atoms with Crippen LogP contribution in [0.2, 0.25) is 0 Å². The number of carbonyl (C=O) groups is 1. The molecule has 18 heavy (non-hydrogen) atoms. The normalized spacial score (nSPS) is 9.89. The minimum atomic E-state index is -0.214. The molecule has 1 aromatic heterocycles. The second kappa shape index (κ2) is 5.61. The van der Waals surface area contributed by atoms with E-state index in [4.69, 9.17) is 5.84 Å². The second-order valence-electron chi connectivity index (χ2n) is 3.54. The molecule has 0 aliphatic carbocycles. The van der Waals surface area contributed by atoms with Gasteiger partial charge in [0, 0.05) is 21.9 Å². The van der Waals surface area contributed by atoms with Crippen LogP contribution in [0.15, 0.2) is 47.1 Å². The van der Waals surface area contributed by atoms with Gasteiger partial charge in [-0.3, -0.25) is 10.6 Å². The van der Waals surface area contributed by atoms with E-state index in [-0.39, 0.29) is 5.91 Å². The smallest absolute Gasteiger partial charge is 0.256 e. The Hall–Kier alpha value is -1.92. The van der Waals surface area contributed by atoms with Crippen LogP contribution in [0.25, 0.3) is 0 Å². The lowest BCUT2D eigenvalue weighted by atomic mass is 10.2. The number of halogens is 1. The highest BCUT2D eigenvalue weighted by Crippen LogP contribution is 2.13. The SMILES string of the molecule is NNc1ccc(C(=O)Nc2ccc(Br)cn2)cc1. The summed E-state index contributed by atoms with van der Waals surface area (Å²) in [5.41, 5.74) is 3.78. The molecule has 5 nitrogen and oxygen atoms in total. The van der Waals surface area contributed by atoms with Crippen LogP contribution in [0, 0.1) is 0 Å². The lowest BCUT2D eigenvalue weighted by molar-refractivity contribution is 0.102. The molecule has 0 atom stereocenters. The van der Waals surface area contributed by atoms with E-state index in [1.807, 2.05) is 6.07 Å². The van der Waals surface area contributed by atoms with E-state index in [0.29, 0.717) is 11.4 Å². The number of aromatic nitrogens is 1. The first kappa shape index (κ1) is 12.5. The Kier molecular flexibility index (Phi) is 3.91. The van der Waals surface area contributed by atoms with Crippen molar-refractivity contribution >= 4 is 33.3 Å². The average Bonchev–Trinajstić information content (AvgIpc) is 2.41. The fraction of sp³-hybridized carbons (Fsp3) is 0. The minimum Gasteiger partial charge on any atom is -0.324 e. The number of nitrogens with two attached hydrogens (primary N) is 1. The van der Waals surface area contributed by atoms with Crippen LogP contribution in [0.3, 0.4) is 0 Å². The third-order valence-electron chi connectivity index (χ3n) is 2.28. The molecule has 0 saturated heterocycles. The molecular weight excluding hydrogens is 296 g/mol. The predicted octanol–water partition coefficient (Wildman–Crippen LogP) is 2.38. The number of nitrogens with zero attached hydrogens (tertiary/aromatic N) is 1. The summed E-state index contributed by atoms with van der Waals surface area (Å²) in [4.78, 5) is 16.0. The monoisotopic (exact) mass is 306 g/mol. The summed E-state index contributed by atoms with van der Waals surface area (Å²) < 4.78 is 0.860. The molecule has 1 aromatic carbocycles. The van der Waals surface area contributed by atoms with Crippen LogP contribution in [-0.2, 0) is 0 Å². The number of hydrazine groups is 1. The Morgan fingerprint density at radius 2 is 1.89 bits per heavy atom. The summed E-state index contributed by atoms with van der Waals surface area (Å²) in [6, 6.07) is 10.3. The van der Waals surface area contributed by atoms with E-state index in [2.05, 4.69) is 31.7 Å². The van der Waals surface area contributed by atoms with E-state index in [9.17, 15) is 4.79 Å². The number of nitrogens with one attached hydrogen (secondary N) is 2. The van der Waals surface area contributed by atoms with Crippen molar-refractivity contribution in [1.82, 2.24) is 4.98 Å². The number of hydrogen-bond donors (Lipinski definition) is 3. The van der Waals surface area contributed by atoms with E-state index < -0.39 is 0 Å². The highest BCUT2D eigenvalue weighted by atomic mass is 79.9. The largest absolute Gasteiger partial charge is 0.324 e. The molecule has 4 N–H and O–H groups in total.